The number of aliphatic hydroxyl groups is 1. The van der Waals surface area contributed by atoms with E-state index in [4.69, 9.17) is 5.11 Å². The van der Waals surface area contributed by atoms with E-state index in [1.165, 1.54) is 16.2 Å². The summed E-state index contributed by atoms with van der Waals surface area (Å²) in [5.74, 6) is -3.52. The van der Waals surface area contributed by atoms with Crippen LogP contribution in [-0.4, -0.2) is 51.0 Å². The van der Waals surface area contributed by atoms with Crippen LogP contribution in [0.4, 0.5) is 0 Å². The number of hydrogen-bond donors (Lipinski definition) is 3. The molecule has 1 atom stereocenters. The van der Waals surface area contributed by atoms with Crippen molar-refractivity contribution in [1.29, 1.82) is 0 Å². The number of aromatic nitrogens is 1. The Balaban J connectivity index is 1.77. The number of carbonyl (C=O) groups excluding carboxylic acids is 2. The van der Waals surface area contributed by atoms with Crippen molar-refractivity contribution in [2.45, 2.75) is 13.5 Å². The third-order valence-corrected chi connectivity index (χ3v) is 5.30. The number of rotatable bonds is 6. The first-order valence-corrected chi connectivity index (χ1v) is 9.41. The third kappa shape index (κ3) is 4.20. The van der Waals surface area contributed by atoms with Crippen molar-refractivity contribution >= 4 is 29.1 Å². The van der Waals surface area contributed by atoms with E-state index in [9.17, 15) is 19.5 Å². The molecule has 1 aliphatic rings. The lowest BCUT2D eigenvalue weighted by Crippen LogP contribution is -2.45. The average molecular weight is 401 g/mol. The van der Waals surface area contributed by atoms with Gasteiger partial charge in [0.25, 0.3) is 11.8 Å². The Hall–Kier alpha value is -3.20. The average Bonchev–Trinajstić information content (AvgIpc) is 3.14. The van der Waals surface area contributed by atoms with Gasteiger partial charge in [0.1, 0.15) is 22.9 Å². The molecule has 2 aromatic rings. The number of aliphatic carboxylic acids is 1. The van der Waals surface area contributed by atoms with Crippen LogP contribution in [-0.2, 0) is 20.9 Å². The second-order valence-corrected chi connectivity index (χ2v) is 7.54. The highest BCUT2D eigenvalue weighted by molar-refractivity contribution is 7.15. The summed E-state index contributed by atoms with van der Waals surface area (Å²) >= 11 is 1.45. The Morgan fingerprint density at radius 2 is 2.04 bits per heavy atom. The fourth-order valence-corrected chi connectivity index (χ4v) is 3.82. The van der Waals surface area contributed by atoms with Crippen LogP contribution < -0.4 is 5.32 Å². The number of nitrogens with zero attached hydrogens (tertiary/aromatic N) is 2. The van der Waals surface area contributed by atoms with E-state index in [0.29, 0.717) is 0 Å². The molecule has 1 aromatic carbocycles. The van der Waals surface area contributed by atoms with Crippen molar-refractivity contribution in [3.63, 3.8) is 0 Å². The lowest BCUT2D eigenvalue weighted by molar-refractivity contribution is -0.139. The number of benzene rings is 1. The van der Waals surface area contributed by atoms with Gasteiger partial charge in [-0.1, -0.05) is 37.3 Å². The molecule has 0 saturated heterocycles. The predicted octanol–water partition coefficient (Wildman–Crippen LogP) is 1.80. The van der Waals surface area contributed by atoms with Crippen LogP contribution in [0.1, 0.15) is 11.8 Å². The standard InChI is InChI=1S/C19H19N3O5S/c1-11-9-22(19(27)15(16(11)25)17(26)20-8-14(23)24)10-13-7-21-18(28-13)12-5-3-2-4-6-12/h2-7,11,25H,8-10H2,1H3,(H,20,26)(H,23,24). The maximum atomic E-state index is 12.7. The van der Waals surface area contributed by atoms with Crippen molar-refractivity contribution in [2.75, 3.05) is 13.1 Å². The van der Waals surface area contributed by atoms with Gasteiger partial charge in [-0.15, -0.1) is 11.3 Å². The van der Waals surface area contributed by atoms with Gasteiger partial charge in [0.2, 0.25) is 0 Å². The van der Waals surface area contributed by atoms with Crippen LogP contribution >= 0.6 is 11.3 Å². The first-order valence-electron chi connectivity index (χ1n) is 8.59. The van der Waals surface area contributed by atoms with Crippen LogP contribution in [0.5, 0.6) is 0 Å². The van der Waals surface area contributed by atoms with Crippen molar-refractivity contribution in [2.24, 2.45) is 5.92 Å². The second-order valence-electron chi connectivity index (χ2n) is 6.42. The van der Waals surface area contributed by atoms with Gasteiger partial charge in [0.05, 0.1) is 6.54 Å². The van der Waals surface area contributed by atoms with Crippen LogP contribution in [0.15, 0.2) is 47.9 Å². The molecule has 146 valence electrons. The normalized spacial score (nSPS) is 17.0. The summed E-state index contributed by atoms with van der Waals surface area (Å²) in [5, 5.41) is 21.8. The molecule has 8 nitrogen and oxygen atoms in total. The molecule has 3 rings (SSSR count). The van der Waals surface area contributed by atoms with Crippen LogP contribution in [0.3, 0.4) is 0 Å². The molecule has 1 aliphatic heterocycles. The minimum absolute atomic E-state index is 0.247. The highest BCUT2D eigenvalue weighted by Gasteiger charge is 2.36. The minimum Gasteiger partial charge on any atom is -0.511 e. The number of amides is 2. The van der Waals surface area contributed by atoms with E-state index in [2.05, 4.69) is 10.3 Å². The number of aliphatic hydroxyl groups excluding tert-OH is 1. The van der Waals surface area contributed by atoms with Crippen LogP contribution in [0.2, 0.25) is 0 Å². The Morgan fingerprint density at radius 1 is 1.32 bits per heavy atom. The molecule has 0 aliphatic carbocycles. The molecule has 0 saturated carbocycles. The molecule has 0 fully saturated rings. The molecule has 28 heavy (non-hydrogen) atoms. The smallest absolute Gasteiger partial charge is 0.322 e. The van der Waals surface area contributed by atoms with E-state index in [1.54, 1.807) is 13.1 Å². The zero-order valence-electron chi connectivity index (χ0n) is 15.1. The van der Waals surface area contributed by atoms with Gasteiger partial charge in [-0.3, -0.25) is 14.4 Å². The molecular formula is C19H19N3O5S. The molecule has 1 aromatic heterocycles. The lowest BCUT2D eigenvalue weighted by Gasteiger charge is -2.31. The van der Waals surface area contributed by atoms with E-state index in [0.717, 1.165) is 15.4 Å². The van der Waals surface area contributed by atoms with E-state index >= 15 is 0 Å². The Bertz CT molecular complexity index is 938. The first kappa shape index (κ1) is 19.6. The van der Waals surface area contributed by atoms with Crippen LogP contribution in [0.25, 0.3) is 10.6 Å². The predicted molar refractivity (Wildman–Crippen MR) is 102 cm³/mol. The number of thiazole rings is 1. The van der Waals surface area contributed by atoms with Crippen molar-refractivity contribution in [1.82, 2.24) is 15.2 Å². The van der Waals surface area contributed by atoms with Gasteiger partial charge in [0.15, 0.2) is 0 Å². The van der Waals surface area contributed by atoms with E-state index in [-0.39, 0.29) is 18.8 Å². The lowest BCUT2D eigenvalue weighted by atomic mass is 9.97. The summed E-state index contributed by atoms with van der Waals surface area (Å²) in [4.78, 5) is 42.3. The zero-order chi connectivity index (χ0) is 20.3. The fraction of sp³-hybridized carbons (Fsp3) is 0.263. The number of carboxylic acid groups (broad SMARTS) is 1. The summed E-state index contributed by atoms with van der Waals surface area (Å²) in [6.07, 6.45) is 1.69. The number of hydrogen-bond acceptors (Lipinski definition) is 6. The topological polar surface area (TPSA) is 120 Å². The molecule has 0 radical (unpaired) electrons. The molecule has 0 bridgehead atoms. The molecule has 2 heterocycles. The van der Waals surface area contributed by atoms with E-state index in [1.807, 2.05) is 30.3 Å². The van der Waals surface area contributed by atoms with Gasteiger partial charge < -0.3 is 20.4 Å². The third-order valence-electron chi connectivity index (χ3n) is 4.27. The van der Waals surface area contributed by atoms with E-state index < -0.39 is 35.8 Å². The van der Waals surface area contributed by atoms with Crippen molar-refractivity contribution in [3.8, 4) is 10.6 Å². The van der Waals surface area contributed by atoms with Crippen LogP contribution in [0, 0.1) is 5.92 Å². The summed E-state index contributed by atoms with van der Waals surface area (Å²) in [5.41, 5.74) is 0.566. The Morgan fingerprint density at radius 3 is 2.71 bits per heavy atom. The Kier molecular flexibility index (Phi) is 5.74. The van der Waals surface area contributed by atoms with Gasteiger partial charge in [0, 0.05) is 29.1 Å². The van der Waals surface area contributed by atoms with Gasteiger partial charge >= 0.3 is 5.97 Å². The molecule has 2 amide bonds. The number of carboxylic acids is 1. The number of nitrogens with one attached hydrogen (secondary N) is 1. The highest BCUT2D eigenvalue weighted by atomic mass is 32.1. The largest absolute Gasteiger partial charge is 0.511 e. The summed E-state index contributed by atoms with van der Waals surface area (Å²) in [6, 6.07) is 9.65. The maximum Gasteiger partial charge on any atom is 0.322 e. The Labute approximate surface area is 165 Å². The summed E-state index contributed by atoms with van der Waals surface area (Å²) in [7, 11) is 0. The maximum absolute atomic E-state index is 12.7. The summed E-state index contributed by atoms with van der Waals surface area (Å²) < 4.78 is 0. The van der Waals surface area contributed by atoms with Gasteiger partial charge in [-0.25, -0.2) is 4.98 Å². The quantitative estimate of drug-likeness (QED) is 0.635. The van der Waals surface area contributed by atoms with Gasteiger partial charge in [-0.05, 0) is 0 Å². The number of carbonyl (C=O) groups is 3. The monoisotopic (exact) mass is 401 g/mol. The second kappa shape index (κ2) is 8.22. The highest BCUT2D eigenvalue weighted by Crippen LogP contribution is 2.28. The van der Waals surface area contributed by atoms with Crippen molar-refractivity contribution < 1.29 is 24.6 Å². The first-order chi connectivity index (χ1) is 13.4. The molecule has 1 unspecified atom stereocenters. The molecule has 9 heteroatoms. The zero-order valence-corrected chi connectivity index (χ0v) is 15.9. The van der Waals surface area contributed by atoms with Crippen molar-refractivity contribution in [3.05, 3.63) is 52.7 Å². The SMILES string of the molecule is CC1CN(Cc2cnc(-c3ccccc3)s2)C(=O)C(C(=O)NCC(=O)O)=C1O. The fourth-order valence-electron chi connectivity index (χ4n) is 2.89. The molecular weight excluding hydrogens is 382 g/mol. The molecule has 0 spiro atoms. The minimum atomic E-state index is -1.24. The van der Waals surface area contributed by atoms with Gasteiger partial charge in [-0.2, -0.15) is 0 Å². The summed E-state index contributed by atoms with van der Waals surface area (Å²) in [6.45, 7) is 1.56. The molecule has 3 N–H and O–H groups in total.